The lowest BCUT2D eigenvalue weighted by molar-refractivity contribution is -0.161. The highest BCUT2D eigenvalue weighted by Crippen LogP contribution is 2.43. The van der Waals surface area contributed by atoms with Gasteiger partial charge in [0, 0.05) is 12.8 Å². The van der Waals surface area contributed by atoms with Gasteiger partial charge in [-0.25, -0.2) is 9.13 Å². The molecule has 338 valence electrons. The van der Waals surface area contributed by atoms with Crippen LogP contribution in [-0.4, -0.2) is 81.6 Å². The standard InChI is InChI=1S/C42H76O14P2/c1-4-5-6-7-13-19-24-29-38(43)30-25-20-15-12-17-22-27-32-42(46)56-40(36-55-58(50,51)54-34-39(44)33-53-57(47,48)49)35-52-41(45)31-26-21-16-11-9-8-10-14-18-23-28-37(2)3/h12-13,17,19-20,24-25,29,37-40,43-44H,4-11,14-16,18,21-23,26-28,30-36H2,1-3H3,(H,50,51)(H2,47,48,49)/b17-12+,19-13-,25-20-,29-24-/t38-,39-,40+/m0/s1. The largest absolute Gasteiger partial charge is 0.472 e. The van der Waals surface area contributed by atoms with Crippen LogP contribution in [0.4, 0.5) is 0 Å². The van der Waals surface area contributed by atoms with E-state index >= 15 is 0 Å². The van der Waals surface area contributed by atoms with Crippen molar-refractivity contribution >= 4 is 27.6 Å². The zero-order valence-electron chi connectivity index (χ0n) is 35.4. The van der Waals surface area contributed by atoms with Gasteiger partial charge in [-0.1, -0.05) is 146 Å². The molecule has 0 radical (unpaired) electrons. The normalized spacial score (nSPS) is 15.2. The minimum atomic E-state index is -4.88. The third kappa shape index (κ3) is 40.8. The van der Waals surface area contributed by atoms with Gasteiger partial charge in [-0.3, -0.25) is 23.2 Å². The Morgan fingerprint density at radius 2 is 1.21 bits per heavy atom. The first-order valence-corrected chi connectivity index (χ1v) is 24.3. The maximum atomic E-state index is 12.6. The number of allylic oxidation sites excluding steroid dienone is 6. The highest BCUT2D eigenvalue weighted by molar-refractivity contribution is 7.47. The molecule has 0 aromatic rings. The van der Waals surface area contributed by atoms with Gasteiger partial charge in [0.25, 0.3) is 0 Å². The Hall–Kier alpha value is -1.96. The number of phosphoric ester groups is 2. The number of esters is 2. The van der Waals surface area contributed by atoms with Crippen LogP contribution in [-0.2, 0) is 41.8 Å². The first-order valence-electron chi connectivity index (χ1n) is 21.3. The third-order valence-corrected chi connectivity index (χ3v) is 10.2. The Morgan fingerprint density at radius 1 is 0.621 bits per heavy atom. The predicted molar refractivity (Wildman–Crippen MR) is 227 cm³/mol. The summed E-state index contributed by atoms with van der Waals surface area (Å²) >= 11 is 0. The zero-order valence-corrected chi connectivity index (χ0v) is 37.2. The van der Waals surface area contributed by atoms with Gasteiger partial charge in [-0.15, -0.1) is 0 Å². The molecule has 0 rings (SSSR count). The molecule has 0 aliphatic rings. The van der Waals surface area contributed by atoms with Gasteiger partial charge in [-0.05, 0) is 50.9 Å². The van der Waals surface area contributed by atoms with E-state index in [1.807, 2.05) is 36.5 Å². The highest BCUT2D eigenvalue weighted by atomic mass is 31.2. The minimum Gasteiger partial charge on any atom is -0.462 e. The van der Waals surface area contributed by atoms with Crippen LogP contribution in [0.3, 0.4) is 0 Å². The summed E-state index contributed by atoms with van der Waals surface area (Å²) in [5, 5.41) is 19.8. The van der Waals surface area contributed by atoms with Crippen molar-refractivity contribution in [2.45, 2.75) is 174 Å². The van der Waals surface area contributed by atoms with E-state index < -0.39 is 72.3 Å². The van der Waals surface area contributed by atoms with Crippen LogP contribution in [0.2, 0.25) is 0 Å². The second-order valence-electron chi connectivity index (χ2n) is 14.9. The molecule has 1 unspecified atom stereocenters. The van der Waals surface area contributed by atoms with Crippen LogP contribution >= 0.6 is 15.6 Å². The van der Waals surface area contributed by atoms with Gasteiger partial charge in [0.2, 0.25) is 0 Å². The fraction of sp³-hybridized carbons (Fsp3) is 0.762. The van der Waals surface area contributed by atoms with Crippen molar-refractivity contribution in [2.75, 3.05) is 26.4 Å². The van der Waals surface area contributed by atoms with Crippen LogP contribution < -0.4 is 0 Å². The molecule has 0 saturated heterocycles. The molecule has 0 fully saturated rings. The molecule has 0 amide bonds. The van der Waals surface area contributed by atoms with E-state index in [9.17, 15) is 33.8 Å². The molecule has 0 bridgehead atoms. The first-order chi connectivity index (χ1) is 27.6. The fourth-order valence-electron chi connectivity index (χ4n) is 5.43. The number of hydrogen-bond acceptors (Lipinski definition) is 11. The summed E-state index contributed by atoms with van der Waals surface area (Å²) in [4.78, 5) is 52.6. The second kappa shape index (κ2) is 36.9. The van der Waals surface area contributed by atoms with Crippen LogP contribution in [0.15, 0.2) is 48.6 Å². The van der Waals surface area contributed by atoms with E-state index in [1.54, 1.807) is 6.08 Å². The average molecular weight is 867 g/mol. The zero-order chi connectivity index (χ0) is 43.3. The summed E-state index contributed by atoms with van der Waals surface area (Å²) in [5.41, 5.74) is 0. The van der Waals surface area contributed by atoms with Crippen molar-refractivity contribution in [2.24, 2.45) is 5.92 Å². The number of carbonyl (C=O) groups is 2. The monoisotopic (exact) mass is 866 g/mol. The van der Waals surface area contributed by atoms with E-state index in [1.165, 1.54) is 64.2 Å². The van der Waals surface area contributed by atoms with E-state index in [-0.39, 0.29) is 12.8 Å². The van der Waals surface area contributed by atoms with Gasteiger partial charge in [0.1, 0.15) is 12.7 Å². The van der Waals surface area contributed by atoms with E-state index in [0.717, 1.165) is 31.6 Å². The number of ether oxygens (including phenoxy) is 2. The van der Waals surface area contributed by atoms with Crippen molar-refractivity contribution in [3.05, 3.63) is 48.6 Å². The van der Waals surface area contributed by atoms with Crippen molar-refractivity contribution in [3.63, 3.8) is 0 Å². The topological polar surface area (TPSA) is 216 Å². The molecule has 14 nitrogen and oxygen atoms in total. The Morgan fingerprint density at radius 3 is 1.86 bits per heavy atom. The van der Waals surface area contributed by atoms with Crippen molar-refractivity contribution in [1.29, 1.82) is 0 Å². The van der Waals surface area contributed by atoms with Gasteiger partial charge in [-0.2, -0.15) is 0 Å². The van der Waals surface area contributed by atoms with Crippen LogP contribution in [0.25, 0.3) is 0 Å². The lowest BCUT2D eigenvalue weighted by Gasteiger charge is -2.20. The number of phosphoric acid groups is 2. The number of unbranched alkanes of at least 4 members (excludes halogenated alkanes) is 13. The van der Waals surface area contributed by atoms with Gasteiger partial charge >= 0.3 is 27.6 Å². The summed E-state index contributed by atoms with van der Waals surface area (Å²) in [5.74, 6) is -0.374. The van der Waals surface area contributed by atoms with E-state index in [0.29, 0.717) is 32.1 Å². The first kappa shape index (κ1) is 56.0. The molecule has 0 spiro atoms. The Labute approximate surface area is 348 Å². The molecule has 0 heterocycles. The Kier molecular flexibility index (Phi) is 35.6. The maximum Gasteiger partial charge on any atom is 0.472 e. The summed E-state index contributed by atoms with van der Waals surface area (Å²) in [7, 11) is -9.71. The van der Waals surface area contributed by atoms with Gasteiger partial charge in [0.05, 0.1) is 25.9 Å². The molecular weight excluding hydrogens is 790 g/mol. The number of rotatable bonds is 39. The van der Waals surface area contributed by atoms with Gasteiger partial charge in [0.15, 0.2) is 6.10 Å². The number of carbonyl (C=O) groups excluding carboxylic acids is 2. The summed E-state index contributed by atoms with van der Waals surface area (Å²) < 4.78 is 47.6. The molecular formula is C42H76O14P2. The summed E-state index contributed by atoms with van der Waals surface area (Å²) in [6.45, 7) is 3.86. The summed E-state index contributed by atoms with van der Waals surface area (Å²) in [6.07, 6.45) is 31.5. The molecule has 0 aliphatic heterocycles. The Balaban J connectivity index is 4.70. The van der Waals surface area contributed by atoms with E-state index in [2.05, 4.69) is 35.9 Å². The molecule has 5 N–H and O–H groups in total. The quantitative estimate of drug-likeness (QED) is 0.0128. The van der Waals surface area contributed by atoms with Crippen molar-refractivity contribution in [3.8, 4) is 0 Å². The lowest BCUT2D eigenvalue weighted by atomic mass is 10.0. The van der Waals surface area contributed by atoms with Crippen molar-refractivity contribution < 1.29 is 66.7 Å². The number of hydrogen-bond donors (Lipinski definition) is 5. The molecule has 0 aromatic carbocycles. The number of aliphatic hydroxyl groups excluding tert-OH is 2. The Bertz CT molecular complexity index is 1250. The average Bonchev–Trinajstić information content (AvgIpc) is 3.16. The summed E-state index contributed by atoms with van der Waals surface area (Å²) in [6, 6.07) is 0. The molecule has 58 heavy (non-hydrogen) atoms. The smallest absolute Gasteiger partial charge is 0.462 e. The third-order valence-electron chi connectivity index (χ3n) is 8.72. The molecule has 16 heteroatoms. The fourth-order valence-corrected chi connectivity index (χ4v) is 6.58. The maximum absolute atomic E-state index is 12.6. The lowest BCUT2D eigenvalue weighted by Crippen LogP contribution is -2.29. The molecule has 0 saturated carbocycles. The molecule has 0 aromatic heterocycles. The van der Waals surface area contributed by atoms with Crippen LogP contribution in [0, 0.1) is 5.92 Å². The number of aliphatic hydroxyl groups is 2. The van der Waals surface area contributed by atoms with Crippen molar-refractivity contribution in [1.82, 2.24) is 0 Å². The van der Waals surface area contributed by atoms with Gasteiger partial charge < -0.3 is 34.4 Å². The molecule has 4 atom stereocenters. The predicted octanol–water partition coefficient (Wildman–Crippen LogP) is 9.50. The highest BCUT2D eigenvalue weighted by Gasteiger charge is 2.28. The second-order valence-corrected chi connectivity index (χ2v) is 17.6. The van der Waals surface area contributed by atoms with E-state index in [4.69, 9.17) is 23.8 Å². The van der Waals surface area contributed by atoms with Crippen LogP contribution in [0.1, 0.15) is 156 Å². The minimum absolute atomic E-state index is 0.0212. The molecule has 0 aliphatic carbocycles. The van der Waals surface area contributed by atoms with Crippen LogP contribution in [0.5, 0.6) is 0 Å². The SMILES string of the molecule is CCCCC/C=C\C=C/[C@H](O)C/C=C\C/C=C/CCCC(=O)O[C@H](COC(=O)CCCCCCCCCCCCC(C)C)COP(=O)(O)OC[C@@H](O)COP(=O)(O)O.